The van der Waals surface area contributed by atoms with E-state index in [9.17, 15) is 13.3 Å². The van der Waals surface area contributed by atoms with Crippen molar-refractivity contribution in [2.75, 3.05) is 22.4 Å². The average molecular weight is 703 g/mol. The summed E-state index contributed by atoms with van der Waals surface area (Å²) < 4.78 is 62.4. The summed E-state index contributed by atoms with van der Waals surface area (Å²) >= 11 is 1.56. The molecule has 6 aromatic rings. The summed E-state index contributed by atoms with van der Waals surface area (Å²) in [5, 5.41) is 3.22. The molecule has 1 atom stereocenters. The topological polar surface area (TPSA) is 106 Å². The van der Waals surface area contributed by atoms with Gasteiger partial charge in [-0.2, -0.15) is 4.08 Å². The number of methoxy groups -OCH3 is 2. The molecule has 0 radical (unpaired) electrons. The third-order valence-electron chi connectivity index (χ3n) is 7.83. The van der Waals surface area contributed by atoms with Gasteiger partial charge in [0.2, 0.25) is 0 Å². The summed E-state index contributed by atoms with van der Waals surface area (Å²) in [4.78, 5) is 12.8. The fourth-order valence-corrected chi connectivity index (χ4v) is 11.5. The minimum absolute atomic E-state index is 0.0638. The van der Waals surface area contributed by atoms with Crippen molar-refractivity contribution in [2.45, 2.75) is 9.79 Å². The lowest BCUT2D eigenvalue weighted by Crippen LogP contribution is -2.33. The highest BCUT2D eigenvalue weighted by Gasteiger charge is 2.50. The first-order chi connectivity index (χ1) is 22.7. The van der Waals surface area contributed by atoms with Gasteiger partial charge in [0, 0.05) is 28.1 Å². The molecule has 1 unspecified atom stereocenters. The van der Waals surface area contributed by atoms with E-state index in [-0.39, 0.29) is 10.6 Å². The van der Waals surface area contributed by atoms with Crippen molar-refractivity contribution < 1.29 is 31.0 Å². The van der Waals surface area contributed by atoms with Gasteiger partial charge in [-0.15, -0.1) is 0 Å². The van der Waals surface area contributed by atoms with Crippen LogP contribution in [0.15, 0.2) is 131 Å². The highest BCUT2D eigenvalue weighted by atomic mass is 32.2. The Hall–Kier alpha value is -4.16. The van der Waals surface area contributed by atoms with Gasteiger partial charge in [0.15, 0.2) is 0 Å². The van der Waals surface area contributed by atoms with Crippen LogP contribution in [0.3, 0.4) is 0 Å². The Balaban J connectivity index is 1.48. The number of hydrogen-bond donors (Lipinski definition) is 1. The van der Waals surface area contributed by atoms with E-state index in [1.807, 2.05) is 54.6 Å². The summed E-state index contributed by atoms with van der Waals surface area (Å²) in [5.74, 6) is 1.11. The normalized spacial score (nSPS) is 16.1. The third-order valence-corrected chi connectivity index (χ3v) is 14.2. The lowest BCUT2D eigenvalue weighted by Gasteiger charge is -2.33. The van der Waals surface area contributed by atoms with Crippen LogP contribution < -0.4 is 17.6 Å². The minimum atomic E-state index is -5.06. The molecule has 13 heteroatoms. The standard InChI is InChI=1S/C34H27N2O7PS3/c1-41-25-13-17-27(18-14-25)45-43-46-35-31-21-11-23-7-3-5-9-29(23)33(31)34-30-10-6-4-8-24(30)12-22-32(34)36(44(35,37)38)47(39,40)28-19-15-26(42-2)16-20-28/h3-22H,1-2H3,(H,37,38). The molecule has 1 heterocycles. The summed E-state index contributed by atoms with van der Waals surface area (Å²) in [6.45, 7) is 0. The second kappa shape index (κ2) is 12.5. The first-order valence-corrected chi connectivity index (χ1v) is 18.7. The van der Waals surface area contributed by atoms with Crippen LogP contribution in [0.4, 0.5) is 11.4 Å². The van der Waals surface area contributed by atoms with Crippen LogP contribution >= 0.6 is 31.9 Å². The average Bonchev–Trinajstić information content (AvgIpc) is 3.18. The van der Waals surface area contributed by atoms with Gasteiger partial charge in [-0.3, -0.25) is 0 Å². The summed E-state index contributed by atoms with van der Waals surface area (Å²) in [5.41, 5.74) is 1.49. The van der Waals surface area contributed by atoms with Crippen molar-refractivity contribution in [2.24, 2.45) is 0 Å². The lowest BCUT2D eigenvalue weighted by molar-refractivity contribution is 0.414. The molecule has 7 rings (SSSR count). The molecule has 47 heavy (non-hydrogen) atoms. The van der Waals surface area contributed by atoms with E-state index in [0.29, 0.717) is 49.5 Å². The van der Waals surface area contributed by atoms with Gasteiger partial charge in [-0.1, -0.05) is 60.7 Å². The van der Waals surface area contributed by atoms with Crippen molar-refractivity contribution in [3.63, 3.8) is 0 Å². The highest BCUT2D eigenvalue weighted by Crippen LogP contribution is 2.66. The van der Waals surface area contributed by atoms with Crippen molar-refractivity contribution in [3.05, 3.63) is 121 Å². The van der Waals surface area contributed by atoms with Gasteiger partial charge in [0.25, 0.3) is 10.0 Å². The maximum absolute atomic E-state index is 15.1. The maximum Gasteiger partial charge on any atom is 0.420 e. The van der Waals surface area contributed by atoms with Crippen LogP contribution in [0.2, 0.25) is 0 Å². The van der Waals surface area contributed by atoms with Gasteiger partial charge in [0.1, 0.15) is 23.7 Å². The highest BCUT2D eigenvalue weighted by molar-refractivity contribution is 8.13. The summed E-state index contributed by atoms with van der Waals surface area (Å²) in [6.07, 6.45) is 0. The Bertz CT molecular complexity index is 2290. The number of anilines is 2. The molecule has 0 amide bonds. The summed E-state index contributed by atoms with van der Waals surface area (Å²) in [7, 11) is -6.67. The number of benzene rings is 6. The molecule has 1 N–H and O–H groups in total. The fourth-order valence-electron chi connectivity index (χ4n) is 5.63. The molecule has 238 valence electrons. The molecule has 0 spiro atoms. The zero-order valence-electron chi connectivity index (χ0n) is 25.0. The molecule has 0 saturated carbocycles. The maximum atomic E-state index is 15.1. The van der Waals surface area contributed by atoms with Crippen LogP contribution in [0.25, 0.3) is 32.7 Å². The Morgan fingerprint density at radius 2 is 1.17 bits per heavy atom. The Kier molecular flexibility index (Phi) is 8.33. The van der Waals surface area contributed by atoms with Gasteiger partial charge in [-0.25, -0.2) is 20.7 Å². The number of nitrogens with zero attached hydrogens (tertiary/aromatic N) is 2. The largest absolute Gasteiger partial charge is 0.497 e. The molecule has 0 aliphatic carbocycles. The van der Waals surface area contributed by atoms with Gasteiger partial charge >= 0.3 is 7.67 Å². The molecule has 1 aliphatic rings. The van der Waals surface area contributed by atoms with E-state index in [4.69, 9.17) is 13.1 Å². The van der Waals surface area contributed by atoms with Crippen molar-refractivity contribution in [3.8, 4) is 22.6 Å². The molecule has 0 fully saturated rings. The molecular weight excluding hydrogens is 676 g/mol. The molecule has 1 aliphatic heterocycles. The minimum Gasteiger partial charge on any atom is -0.497 e. The van der Waals surface area contributed by atoms with Crippen LogP contribution in [0.1, 0.15) is 0 Å². The number of ether oxygens (including phenoxy) is 2. The zero-order valence-corrected chi connectivity index (χ0v) is 28.4. The molecule has 9 nitrogen and oxygen atoms in total. The molecule has 0 bridgehead atoms. The first kappa shape index (κ1) is 31.4. The van der Waals surface area contributed by atoms with Crippen LogP contribution in [-0.2, 0) is 18.2 Å². The van der Waals surface area contributed by atoms with Crippen molar-refractivity contribution in [1.82, 2.24) is 0 Å². The molecule has 0 saturated heterocycles. The van der Waals surface area contributed by atoms with E-state index in [0.717, 1.165) is 37.7 Å². The Morgan fingerprint density at radius 1 is 0.660 bits per heavy atom. The molecule has 6 aromatic carbocycles. The summed E-state index contributed by atoms with van der Waals surface area (Å²) in [6, 6.07) is 35.0. The lowest BCUT2D eigenvalue weighted by atomic mass is 9.91. The van der Waals surface area contributed by atoms with E-state index in [1.54, 1.807) is 49.6 Å². The van der Waals surface area contributed by atoms with E-state index >= 15 is 4.57 Å². The van der Waals surface area contributed by atoms with Crippen LogP contribution in [-0.4, -0.2) is 27.5 Å². The SMILES string of the molecule is COc1ccc(SOSN2c3ccc4ccccc4c3-c3c(ccc4ccccc34)N(S(=O)(=O)c3ccc(OC)cc3)P2(=O)O)cc1. The number of sulfonamides is 1. The Morgan fingerprint density at radius 3 is 1.74 bits per heavy atom. The van der Waals surface area contributed by atoms with Gasteiger partial charge < -0.3 is 14.4 Å². The predicted molar refractivity (Wildman–Crippen MR) is 189 cm³/mol. The Labute approximate surface area is 280 Å². The molecular formula is C34H27N2O7PS3. The second-order valence-corrected chi connectivity index (χ2v) is 16.3. The quantitative estimate of drug-likeness (QED) is 0.0938. The monoisotopic (exact) mass is 702 g/mol. The van der Waals surface area contributed by atoms with E-state index in [1.165, 1.54) is 31.4 Å². The number of hydrogen-bond acceptors (Lipinski definition) is 8. The molecule has 0 aromatic heterocycles. The third kappa shape index (κ3) is 5.50. The second-order valence-electron chi connectivity index (χ2n) is 10.5. The van der Waals surface area contributed by atoms with E-state index < -0.39 is 17.7 Å². The predicted octanol–water partition coefficient (Wildman–Crippen LogP) is 9.08. The smallest absolute Gasteiger partial charge is 0.420 e. The number of fused-ring (bicyclic) bond motifs is 7. The fraction of sp³-hybridized carbons (Fsp3) is 0.0588. The van der Waals surface area contributed by atoms with E-state index in [2.05, 4.69) is 0 Å². The first-order valence-electron chi connectivity index (χ1n) is 14.3. The van der Waals surface area contributed by atoms with Crippen molar-refractivity contribution in [1.29, 1.82) is 0 Å². The van der Waals surface area contributed by atoms with Crippen LogP contribution in [0, 0.1) is 0 Å². The van der Waals surface area contributed by atoms with Gasteiger partial charge in [0.05, 0.1) is 30.5 Å². The van der Waals surface area contributed by atoms with Crippen LogP contribution in [0.5, 0.6) is 11.5 Å². The zero-order chi connectivity index (χ0) is 32.8. The van der Waals surface area contributed by atoms with Crippen molar-refractivity contribution >= 4 is 74.9 Å². The van der Waals surface area contributed by atoms with Gasteiger partial charge in [-0.05, 0) is 82.2 Å². The number of rotatable bonds is 8.